The third-order valence-electron chi connectivity index (χ3n) is 3.42. The van der Waals surface area contributed by atoms with Crippen LogP contribution in [0, 0.1) is 0 Å². The Bertz CT molecular complexity index is 571. The van der Waals surface area contributed by atoms with Crippen LogP contribution in [0.2, 0.25) is 0 Å². The van der Waals surface area contributed by atoms with Gasteiger partial charge in [0.1, 0.15) is 0 Å². The lowest BCUT2D eigenvalue weighted by Crippen LogP contribution is -2.19. The van der Waals surface area contributed by atoms with E-state index in [4.69, 9.17) is 0 Å². The summed E-state index contributed by atoms with van der Waals surface area (Å²) in [6.07, 6.45) is 5.06. The molecule has 1 heterocycles. The first-order chi connectivity index (χ1) is 8.24. The fourth-order valence-corrected chi connectivity index (χ4v) is 2.45. The highest BCUT2D eigenvalue weighted by Crippen LogP contribution is 2.37. The number of aryl methyl sites for hydroxylation is 1. The van der Waals surface area contributed by atoms with Crippen molar-refractivity contribution in [3.8, 4) is 0 Å². The largest absolute Gasteiger partial charge is 0.294 e. The molecule has 1 unspecified atom stereocenters. The van der Waals surface area contributed by atoms with Gasteiger partial charge in [-0.25, -0.2) is 0 Å². The molecule has 0 bridgehead atoms. The smallest absolute Gasteiger partial charge is 0.166 e. The van der Waals surface area contributed by atoms with Gasteiger partial charge in [0, 0.05) is 19.7 Å². The second kappa shape index (κ2) is 3.84. The summed E-state index contributed by atoms with van der Waals surface area (Å²) in [6, 6.07) is 8.36. The van der Waals surface area contributed by atoms with Crippen LogP contribution in [-0.4, -0.2) is 15.6 Å². The molecule has 0 saturated heterocycles. The SMILES string of the molecule is Cn1cc(C(=O)CC2Cc3ccccc32)cn1. The molecule has 17 heavy (non-hydrogen) atoms. The summed E-state index contributed by atoms with van der Waals surface area (Å²) < 4.78 is 1.67. The molecule has 1 aromatic heterocycles. The second-order valence-corrected chi connectivity index (χ2v) is 4.63. The number of nitrogens with zero attached hydrogens (tertiary/aromatic N) is 2. The minimum absolute atomic E-state index is 0.192. The number of Topliss-reactive ketones (excluding diaryl/α,β-unsaturated/α-hetero) is 1. The summed E-state index contributed by atoms with van der Waals surface area (Å²) in [4.78, 5) is 12.0. The Morgan fingerprint density at radius 1 is 1.47 bits per heavy atom. The van der Waals surface area contributed by atoms with Gasteiger partial charge < -0.3 is 0 Å². The van der Waals surface area contributed by atoms with Crippen LogP contribution in [0.5, 0.6) is 0 Å². The van der Waals surface area contributed by atoms with Crippen LogP contribution in [0.15, 0.2) is 36.7 Å². The van der Waals surface area contributed by atoms with Crippen molar-refractivity contribution in [2.75, 3.05) is 0 Å². The summed E-state index contributed by atoms with van der Waals surface area (Å²) in [5.74, 6) is 0.594. The molecule has 0 radical (unpaired) electrons. The fourth-order valence-electron chi connectivity index (χ4n) is 2.45. The summed E-state index contributed by atoms with van der Waals surface area (Å²) in [5.41, 5.74) is 3.44. The van der Waals surface area contributed by atoms with E-state index in [9.17, 15) is 4.79 Å². The molecule has 3 rings (SSSR count). The van der Waals surface area contributed by atoms with Gasteiger partial charge in [-0.1, -0.05) is 24.3 Å². The van der Waals surface area contributed by atoms with Gasteiger partial charge in [0.05, 0.1) is 11.8 Å². The molecule has 0 fully saturated rings. The van der Waals surface area contributed by atoms with Gasteiger partial charge in [-0.15, -0.1) is 0 Å². The highest BCUT2D eigenvalue weighted by Gasteiger charge is 2.27. The van der Waals surface area contributed by atoms with Crippen LogP contribution < -0.4 is 0 Å². The molecular weight excluding hydrogens is 212 g/mol. The lowest BCUT2D eigenvalue weighted by Gasteiger charge is -2.29. The number of aromatic nitrogens is 2. The van der Waals surface area contributed by atoms with E-state index < -0.39 is 0 Å². The molecule has 86 valence electrons. The van der Waals surface area contributed by atoms with Crippen LogP contribution >= 0.6 is 0 Å². The molecule has 0 N–H and O–H groups in total. The molecule has 1 aliphatic rings. The first kappa shape index (κ1) is 10.3. The topological polar surface area (TPSA) is 34.9 Å². The Kier molecular flexibility index (Phi) is 2.32. The molecule has 2 aromatic rings. The lowest BCUT2D eigenvalue weighted by molar-refractivity contribution is 0.0970. The van der Waals surface area contributed by atoms with Gasteiger partial charge in [-0.2, -0.15) is 5.10 Å². The molecule has 1 aliphatic carbocycles. The van der Waals surface area contributed by atoms with Crippen molar-refractivity contribution in [2.45, 2.75) is 18.8 Å². The quantitative estimate of drug-likeness (QED) is 0.753. The molecule has 1 atom stereocenters. The summed E-state index contributed by atoms with van der Waals surface area (Å²) in [5, 5.41) is 4.03. The van der Waals surface area contributed by atoms with Crippen molar-refractivity contribution in [3.63, 3.8) is 0 Å². The summed E-state index contributed by atoms with van der Waals surface area (Å²) in [6.45, 7) is 0. The van der Waals surface area contributed by atoms with Crippen molar-refractivity contribution in [3.05, 3.63) is 53.3 Å². The second-order valence-electron chi connectivity index (χ2n) is 4.63. The van der Waals surface area contributed by atoms with Crippen LogP contribution in [0.4, 0.5) is 0 Å². The number of rotatable bonds is 3. The Balaban J connectivity index is 1.72. The highest BCUT2D eigenvalue weighted by molar-refractivity contribution is 5.96. The van der Waals surface area contributed by atoms with Gasteiger partial charge in [0.2, 0.25) is 0 Å². The average Bonchev–Trinajstić information content (AvgIpc) is 2.73. The van der Waals surface area contributed by atoms with E-state index in [1.54, 1.807) is 17.1 Å². The van der Waals surface area contributed by atoms with Crippen LogP contribution in [0.1, 0.15) is 33.8 Å². The van der Waals surface area contributed by atoms with E-state index >= 15 is 0 Å². The van der Waals surface area contributed by atoms with E-state index in [0.717, 1.165) is 12.0 Å². The average molecular weight is 226 g/mol. The normalized spacial score (nSPS) is 17.4. The molecule has 3 nitrogen and oxygen atoms in total. The van der Waals surface area contributed by atoms with Crippen molar-refractivity contribution in [1.82, 2.24) is 9.78 Å². The molecule has 1 aromatic carbocycles. The van der Waals surface area contributed by atoms with Gasteiger partial charge in [0.15, 0.2) is 5.78 Å². The van der Waals surface area contributed by atoms with E-state index in [0.29, 0.717) is 12.3 Å². The molecule has 0 saturated carbocycles. The van der Waals surface area contributed by atoms with E-state index in [1.165, 1.54) is 11.1 Å². The zero-order valence-electron chi connectivity index (χ0n) is 9.76. The zero-order chi connectivity index (χ0) is 11.8. The minimum atomic E-state index is 0.192. The number of carbonyl (C=O) groups is 1. The Hall–Kier alpha value is -1.90. The van der Waals surface area contributed by atoms with Gasteiger partial charge in [-0.05, 0) is 23.5 Å². The van der Waals surface area contributed by atoms with Crippen LogP contribution in [0.3, 0.4) is 0 Å². The van der Waals surface area contributed by atoms with E-state index in [2.05, 4.69) is 23.3 Å². The fraction of sp³-hybridized carbons (Fsp3) is 0.286. The number of carbonyl (C=O) groups excluding carboxylic acids is 1. The van der Waals surface area contributed by atoms with E-state index in [-0.39, 0.29) is 5.78 Å². The molecule has 0 spiro atoms. The maximum atomic E-state index is 12.0. The van der Waals surface area contributed by atoms with Crippen LogP contribution in [-0.2, 0) is 13.5 Å². The monoisotopic (exact) mass is 226 g/mol. The Morgan fingerprint density at radius 2 is 2.29 bits per heavy atom. The molecule has 0 amide bonds. The first-order valence-electron chi connectivity index (χ1n) is 5.83. The van der Waals surface area contributed by atoms with Gasteiger partial charge in [-0.3, -0.25) is 9.48 Å². The standard InChI is InChI=1S/C14H14N2O/c1-16-9-12(8-15-16)14(17)7-11-6-10-4-2-3-5-13(10)11/h2-5,8-9,11H,6-7H2,1H3. The van der Waals surface area contributed by atoms with Crippen molar-refractivity contribution in [2.24, 2.45) is 7.05 Å². The maximum Gasteiger partial charge on any atom is 0.166 e. The number of fused-ring (bicyclic) bond motifs is 1. The highest BCUT2D eigenvalue weighted by atomic mass is 16.1. The van der Waals surface area contributed by atoms with Crippen molar-refractivity contribution >= 4 is 5.78 Å². The van der Waals surface area contributed by atoms with Crippen molar-refractivity contribution in [1.29, 1.82) is 0 Å². The molecular formula is C14H14N2O. The summed E-state index contributed by atoms with van der Waals surface area (Å²) >= 11 is 0. The number of hydrogen-bond acceptors (Lipinski definition) is 2. The van der Waals surface area contributed by atoms with Crippen molar-refractivity contribution < 1.29 is 4.79 Å². The van der Waals surface area contributed by atoms with E-state index in [1.807, 2.05) is 13.1 Å². The van der Waals surface area contributed by atoms with Gasteiger partial charge >= 0.3 is 0 Å². The third kappa shape index (κ3) is 1.78. The van der Waals surface area contributed by atoms with Gasteiger partial charge in [0.25, 0.3) is 0 Å². The minimum Gasteiger partial charge on any atom is -0.294 e. The number of hydrogen-bond donors (Lipinski definition) is 0. The molecule has 3 heteroatoms. The Labute approximate surface area is 100 Å². The maximum absolute atomic E-state index is 12.0. The third-order valence-corrected chi connectivity index (χ3v) is 3.42. The number of ketones is 1. The van der Waals surface area contributed by atoms with Crippen LogP contribution in [0.25, 0.3) is 0 Å². The lowest BCUT2D eigenvalue weighted by atomic mass is 9.75. The molecule has 0 aliphatic heterocycles. The zero-order valence-corrected chi connectivity index (χ0v) is 9.76. The Morgan fingerprint density at radius 3 is 3.00 bits per heavy atom. The first-order valence-corrected chi connectivity index (χ1v) is 5.83. The predicted molar refractivity (Wildman–Crippen MR) is 65.0 cm³/mol. The predicted octanol–water partition coefficient (Wildman–Crippen LogP) is 2.33. The number of benzene rings is 1. The summed E-state index contributed by atoms with van der Waals surface area (Å²) in [7, 11) is 1.83.